The minimum Gasteiger partial charge on any atom is -0.385 e. The predicted molar refractivity (Wildman–Crippen MR) is 78.1 cm³/mol. The number of hydrogen-bond acceptors (Lipinski definition) is 2. The van der Waals surface area contributed by atoms with Gasteiger partial charge in [-0.1, -0.05) is 23.7 Å². The van der Waals surface area contributed by atoms with Crippen molar-refractivity contribution < 1.29 is 4.79 Å². The molecular formula is C16H14ClNO. The fourth-order valence-electron chi connectivity index (χ4n) is 2.42. The molecule has 0 atom stereocenters. The number of ketones is 1. The van der Waals surface area contributed by atoms with Gasteiger partial charge in [0.2, 0.25) is 0 Å². The lowest BCUT2D eigenvalue weighted by atomic mass is 9.96. The Labute approximate surface area is 117 Å². The summed E-state index contributed by atoms with van der Waals surface area (Å²) in [5.74, 6) is -0.0148. The largest absolute Gasteiger partial charge is 0.385 e. The summed E-state index contributed by atoms with van der Waals surface area (Å²) in [4.78, 5) is 12.4. The summed E-state index contributed by atoms with van der Waals surface area (Å²) in [7, 11) is 0. The number of halogens is 1. The molecule has 0 unspecified atom stereocenters. The molecule has 19 heavy (non-hydrogen) atoms. The van der Waals surface area contributed by atoms with Crippen LogP contribution in [0.1, 0.15) is 27.9 Å². The van der Waals surface area contributed by atoms with Gasteiger partial charge in [-0.25, -0.2) is 0 Å². The number of carbonyl (C=O) groups is 1. The first-order valence-corrected chi connectivity index (χ1v) is 6.79. The van der Waals surface area contributed by atoms with Gasteiger partial charge in [-0.05, 0) is 48.7 Å². The van der Waals surface area contributed by atoms with Crippen molar-refractivity contribution in [2.45, 2.75) is 12.8 Å². The predicted octanol–water partition coefficient (Wildman–Crippen LogP) is 3.93. The van der Waals surface area contributed by atoms with Crippen molar-refractivity contribution in [1.82, 2.24) is 0 Å². The Morgan fingerprint density at radius 2 is 2.00 bits per heavy atom. The van der Waals surface area contributed by atoms with Crippen LogP contribution in [0, 0.1) is 0 Å². The lowest BCUT2D eigenvalue weighted by Gasteiger charge is -2.18. The molecule has 3 rings (SSSR count). The topological polar surface area (TPSA) is 29.1 Å². The Bertz CT molecular complexity index is 636. The summed E-state index contributed by atoms with van der Waals surface area (Å²) in [5.41, 5.74) is 3.62. The van der Waals surface area contributed by atoms with Gasteiger partial charge in [-0.3, -0.25) is 4.79 Å². The molecule has 0 bridgehead atoms. The van der Waals surface area contributed by atoms with Crippen molar-refractivity contribution in [3.63, 3.8) is 0 Å². The molecule has 0 aliphatic carbocycles. The normalized spacial score (nSPS) is 13.5. The number of hydrogen-bond donors (Lipinski definition) is 1. The quantitative estimate of drug-likeness (QED) is 0.839. The Morgan fingerprint density at radius 3 is 2.84 bits per heavy atom. The van der Waals surface area contributed by atoms with Crippen molar-refractivity contribution in [3.8, 4) is 0 Å². The van der Waals surface area contributed by atoms with Gasteiger partial charge in [-0.2, -0.15) is 0 Å². The maximum absolute atomic E-state index is 12.4. The van der Waals surface area contributed by atoms with Crippen LogP contribution < -0.4 is 5.32 Å². The van der Waals surface area contributed by atoms with E-state index in [9.17, 15) is 4.79 Å². The van der Waals surface area contributed by atoms with E-state index >= 15 is 0 Å². The van der Waals surface area contributed by atoms with Crippen molar-refractivity contribution in [2.75, 3.05) is 11.9 Å². The molecule has 1 heterocycles. The molecule has 2 aromatic rings. The van der Waals surface area contributed by atoms with Crippen molar-refractivity contribution >= 4 is 23.1 Å². The molecular weight excluding hydrogens is 258 g/mol. The zero-order chi connectivity index (χ0) is 13.2. The molecule has 1 N–H and O–H groups in total. The van der Waals surface area contributed by atoms with Gasteiger partial charge in [0.05, 0.1) is 5.02 Å². The summed E-state index contributed by atoms with van der Waals surface area (Å²) in [5, 5.41) is 3.85. The van der Waals surface area contributed by atoms with Crippen molar-refractivity contribution in [1.29, 1.82) is 0 Å². The van der Waals surface area contributed by atoms with Crippen LogP contribution in [0.4, 0.5) is 5.69 Å². The molecule has 2 aromatic carbocycles. The zero-order valence-electron chi connectivity index (χ0n) is 10.4. The van der Waals surface area contributed by atoms with Crippen LogP contribution in [-0.2, 0) is 6.42 Å². The summed E-state index contributed by atoms with van der Waals surface area (Å²) in [6, 6.07) is 13.0. The molecule has 0 amide bonds. The third-order valence-corrected chi connectivity index (χ3v) is 3.75. The Hall–Kier alpha value is -1.80. The number of fused-ring (bicyclic) bond motifs is 1. The fraction of sp³-hybridized carbons (Fsp3) is 0.188. The maximum atomic E-state index is 12.4. The van der Waals surface area contributed by atoms with Gasteiger partial charge in [-0.15, -0.1) is 0 Å². The van der Waals surface area contributed by atoms with E-state index < -0.39 is 0 Å². The number of aryl methyl sites for hydroxylation is 1. The van der Waals surface area contributed by atoms with Crippen LogP contribution in [-0.4, -0.2) is 12.3 Å². The van der Waals surface area contributed by atoms with Crippen LogP contribution in [0.15, 0.2) is 42.5 Å². The van der Waals surface area contributed by atoms with Crippen LogP contribution in [0.25, 0.3) is 0 Å². The van der Waals surface area contributed by atoms with Crippen molar-refractivity contribution in [2.24, 2.45) is 0 Å². The van der Waals surface area contributed by atoms with Gasteiger partial charge in [0.1, 0.15) is 0 Å². The van der Waals surface area contributed by atoms with E-state index in [1.807, 2.05) is 30.3 Å². The van der Waals surface area contributed by atoms with Gasteiger partial charge < -0.3 is 5.32 Å². The van der Waals surface area contributed by atoms with Crippen LogP contribution in [0.3, 0.4) is 0 Å². The van der Waals surface area contributed by atoms with Gasteiger partial charge in [0, 0.05) is 23.4 Å². The molecule has 96 valence electrons. The molecule has 1 aliphatic heterocycles. The second kappa shape index (κ2) is 5.06. The maximum Gasteiger partial charge on any atom is 0.194 e. The highest BCUT2D eigenvalue weighted by Crippen LogP contribution is 2.25. The number of nitrogens with one attached hydrogen (secondary N) is 1. The van der Waals surface area contributed by atoms with Gasteiger partial charge >= 0.3 is 0 Å². The fourth-order valence-corrected chi connectivity index (χ4v) is 2.64. The molecule has 0 saturated carbocycles. The zero-order valence-corrected chi connectivity index (χ0v) is 11.2. The average molecular weight is 272 g/mol. The lowest BCUT2D eigenvalue weighted by molar-refractivity contribution is 0.103. The van der Waals surface area contributed by atoms with E-state index in [1.165, 1.54) is 5.56 Å². The molecule has 0 saturated heterocycles. The highest BCUT2D eigenvalue weighted by atomic mass is 35.5. The van der Waals surface area contributed by atoms with Crippen LogP contribution in [0.5, 0.6) is 0 Å². The third kappa shape index (κ3) is 2.36. The highest BCUT2D eigenvalue weighted by molar-refractivity contribution is 6.35. The Balaban J connectivity index is 1.98. The summed E-state index contributed by atoms with van der Waals surface area (Å²) in [6.07, 6.45) is 2.13. The second-order valence-electron chi connectivity index (χ2n) is 4.71. The smallest absolute Gasteiger partial charge is 0.194 e. The second-order valence-corrected chi connectivity index (χ2v) is 5.12. The number of rotatable bonds is 2. The third-order valence-electron chi connectivity index (χ3n) is 3.42. The van der Waals surface area contributed by atoms with Gasteiger partial charge in [0.25, 0.3) is 0 Å². The first kappa shape index (κ1) is 12.2. The van der Waals surface area contributed by atoms with Crippen LogP contribution >= 0.6 is 11.6 Å². The number of carbonyl (C=O) groups excluding carboxylic acids is 1. The van der Waals surface area contributed by atoms with E-state index in [1.54, 1.807) is 12.1 Å². The SMILES string of the molecule is O=C(c1ccc2c(c1)CCCN2)c1ccccc1Cl. The first-order valence-electron chi connectivity index (χ1n) is 6.42. The molecule has 0 fully saturated rings. The monoisotopic (exact) mass is 271 g/mol. The molecule has 0 aromatic heterocycles. The Morgan fingerprint density at radius 1 is 1.16 bits per heavy atom. The Kier molecular flexibility index (Phi) is 3.26. The van der Waals surface area contributed by atoms with Crippen LogP contribution in [0.2, 0.25) is 5.02 Å². The standard InChI is InChI=1S/C16H14ClNO/c17-14-6-2-1-5-13(14)16(19)12-7-8-15-11(10-12)4-3-9-18-15/h1-2,5-8,10,18H,3-4,9H2. The average Bonchev–Trinajstić information content (AvgIpc) is 2.46. The molecule has 0 spiro atoms. The first-order chi connectivity index (χ1) is 9.25. The molecule has 3 heteroatoms. The van der Waals surface area contributed by atoms with E-state index in [4.69, 9.17) is 11.6 Å². The summed E-state index contributed by atoms with van der Waals surface area (Å²) < 4.78 is 0. The number of anilines is 1. The van der Waals surface area contributed by atoms with Gasteiger partial charge in [0.15, 0.2) is 5.78 Å². The van der Waals surface area contributed by atoms with E-state index in [0.717, 1.165) is 25.1 Å². The lowest BCUT2D eigenvalue weighted by Crippen LogP contribution is -2.13. The summed E-state index contributed by atoms with van der Waals surface area (Å²) >= 11 is 6.08. The van der Waals surface area contributed by atoms with E-state index in [-0.39, 0.29) is 5.78 Å². The molecule has 0 radical (unpaired) electrons. The van der Waals surface area contributed by atoms with E-state index in [0.29, 0.717) is 16.1 Å². The molecule has 2 nitrogen and oxygen atoms in total. The highest BCUT2D eigenvalue weighted by Gasteiger charge is 2.15. The summed E-state index contributed by atoms with van der Waals surface area (Å²) in [6.45, 7) is 1.00. The minimum absolute atomic E-state index is 0.0148. The van der Waals surface area contributed by atoms with E-state index in [2.05, 4.69) is 5.32 Å². The molecule has 1 aliphatic rings. The number of benzene rings is 2. The minimum atomic E-state index is -0.0148. The van der Waals surface area contributed by atoms with Crippen molar-refractivity contribution in [3.05, 3.63) is 64.2 Å².